The Balaban J connectivity index is 1.76. The average molecular weight is 468 g/mol. The van der Waals surface area contributed by atoms with Crippen LogP contribution in [0.4, 0.5) is 5.69 Å². The van der Waals surface area contributed by atoms with Gasteiger partial charge in [-0.25, -0.2) is 4.90 Å². The molecule has 6 atom stereocenters. The summed E-state index contributed by atoms with van der Waals surface area (Å²) in [5, 5.41) is 0.833. The summed E-state index contributed by atoms with van der Waals surface area (Å²) in [5.41, 5.74) is 0.471. The summed E-state index contributed by atoms with van der Waals surface area (Å²) < 4.78 is 0. The molecular weight excluding hydrogens is 457 g/mol. The minimum absolute atomic E-state index is 0.121. The lowest BCUT2D eigenvalue weighted by Gasteiger charge is -2.28. The highest BCUT2D eigenvalue weighted by molar-refractivity contribution is 9.12. The number of imide groups is 1. The number of carbonyl (C=O) groups is 2. The lowest BCUT2D eigenvalue weighted by Crippen LogP contribution is -2.37. The van der Waals surface area contributed by atoms with Crippen molar-refractivity contribution in [2.75, 3.05) is 4.90 Å². The fourth-order valence-electron chi connectivity index (χ4n) is 4.27. The van der Waals surface area contributed by atoms with Gasteiger partial charge in [0.1, 0.15) is 0 Å². The van der Waals surface area contributed by atoms with Crippen molar-refractivity contribution in [1.29, 1.82) is 0 Å². The molecule has 116 valence electrons. The van der Waals surface area contributed by atoms with Gasteiger partial charge in [-0.3, -0.25) is 9.59 Å². The molecule has 7 heteroatoms. The minimum atomic E-state index is -0.228. The summed E-state index contributed by atoms with van der Waals surface area (Å²) in [6, 6.07) is 4.82. The van der Waals surface area contributed by atoms with Crippen molar-refractivity contribution >= 4 is 72.6 Å². The van der Waals surface area contributed by atoms with E-state index >= 15 is 0 Å². The van der Waals surface area contributed by atoms with E-state index in [-0.39, 0.29) is 45.1 Å². The summed E-state index contributed by atoms with van der Waals surface area (Å²) in [6.45, 7) is 0. The molecule has 0 N–H and O–H groups in total. The van der Waals surface area contributed by atoms with Crippen LogP contribution in [0.15, 0.2) is 18.2 Å². The van der Waals surface area contributed by atoms with Crippen molar-refractivity contribution in [2.45, 2.75) is 16.1 Å². The molecule has 1 aromatic carbocycles. The molecule has 2 saturated carbocycles. The number of benzene rings is 1. The fourth-order valence-corrected chi connectivity index (χ4v) is 6.66. The lowest BCUT2D eigenvalue weighted by atomic mass is 9.81. The van der Waals surface area contributed by atoms with Crippen molar-refractivity contribution in [3.63, 3.8) is 0 Å². The zero-order valence-corrected chi connectivity index (χ0v) is 15.9. The van der Waals surface area contributed by atoms with Gasteiger partial charge >= 0.3 is 0 Å². The molecule has 1 aromatic rings. The third-order valence-corrected chi connectivity index (χ3v) is 8.74. The number of amides is 2. The van der Waals surface area contributed by atoms with Crippen LogP contribution in [0.1, 0.15) is 6.42 Å². The second-order valence-corrected chi connectivity index (χ2v) is 9.13. The first-order valence-corrected chi connectivity index (χ1v) is 9.61. The molecule has 0 radical (unpaired) electrons. The van der Waals surface area contributed by atoms with Gasteiger partial charge in [-0.15, -0.1) is 0 Å². The number of nitrogens with zero attached hydrogens (tertiary/aromatic N) is 1. The highest BCUT2D eigenvalue weighted by atomic mass is 79.9. The van der Waals surface area contributed by atoms with E-state index in [9.17, 15) is 9.59 Å². The Morgan fingerprint density at radius 3 is 1.82 bits per heavy atom. The SMILES string of the molecule is O=C1[C@@H]2[C@H]3C[C@H]([C@H](Br)[C@@H]3Br)[C@@H]2C(=O)N1c1cc(Cl)cc(Cl)c1. The molecule has 1 saturated heterocycles. The topological polar surface area (TPSA) is 37.4 Å². The van der Waals surface area contributed by atoms with Gasteiger partial charge in [-0.1, -0.05) is 55.1 Å². The first-order chi connectivity index (χ1) is 10.4. The third kappa shape index (κ3) is 1.98. The van der Waals surface area contributed by atoms with E-state index < -0.39 is 0 Å². The molecule has 3 aliphatic rings. The van der Waals surface area contributed by atoms with Gasteiger partial charge in [-0.05, 0) is 36.5 Å². The molecule has 3 nitrogen and oxygen atoms in total. The molecule has 0 aromatic heterocycles. The number of rotatable bonds is 1. The number of fused-ring (bicyclic) bond motifs is 5. The highest BCUT2D eigenvalue weighted by Gasteiger charge is 2.66. The van der Waals surface area contributed by atoms with Crippen molar-refractivity contribution in [1.82, 2.24) is 0 Å². The molecule has 3 fully saturated rings. The first-order valence-electron chi connectivity index (χ1n) is 7.02. The second-order valence-electron chi connectivity index (χ2n) is 6.14. The van der Waals surface area contributed by atoms with Crippen LogP contribution in [-0.4, -0.2) is 21.5 Å². The molecule has 0 spiro atoms. The lowest BCUT2D eigenvalue weighted by molar-refractivity contribution is -0.123. The number of hydrogen-bond acceptors (Lipinski definition) is 2. The Bertz CT molecular complexity index is 646. The van der Waals surface area contributed by atoms with E-state index in [1.54, 1.807) is 18.2 Å². The smallest absolute Gasteiger partial charge is 0.238 e. The molecule has 0 unspecified atom stereocenters. The summed E-state index contributed by atoms with van der Waals surface area (Å²) in [5.74, 6) is -0.290. The van der Waals surface area contributed by atoms with E-state index in [0.29, 0.717) is 15.7 Å². The second kappa shape index (κ2) is 5.20. The van der Waals surface area contributed by atoms with Crippen molar-refractivity contribution in [2.24, 2.45) is 23.7 Å². The van der Waals surface area contributed by atoms with Gasteiger partial charge in [0.05, 0.1) is 17.5 Å². The maximum absolute atomic E-state index is 12.8. The Hall–Kier alpha value is -0.100. The van der Waals surface area contributed by atoms with E-state index in [1.807, 2.05) is 0 Å². The zero-order valence-electron chi connectivity index (χ0n) is 11.2. The maximum Gasteiger partial charge on any atom is 0.238 e. The highest BCUT2D eigenvalue weighted by Crippen LogP contribution is 2.60. The van der Waals surface area contributed by atoms with E-state index in [4.69, 9.17) is 23.2 Å². The predicted octanol–water partition coefficient (Wildman–Crippen LogP) is 4.28. The van der Waals surface area contributed by atoms with Crippen molar-refractivity contribution in [3.8, 4) is 0 Å². The third-order valence-electron chi connectivity index (χ3n) is 5.09. The van der Waals surface area contributed by atoms with Crippen LogP contribution in [0, 0.1) is 23.7 Å². The minimum Gasteiger partial charge on any atom is -0.274 e. The molecule has 2 amide bonds. The van der Waals surface area contributed by atoms with Gasteiger partial charge in [0, 0.05) is 19.7 Å². The van der Waals surface area contributed by atoms with E-state index in [1.165, 1.54) is 4.90 Å². The monoisotopic (exact) mass is 465 g/mol. The van der Waals surface area contributed by atoms with Gasteiger partial charge in [0.15, 0.2) is 0 Å². The van der Waals surface area contributed by atoms with Crippen LogP contribution >= 0.6 is 55.1 Å². The van der Waals surface area contributed by atoms with Gasteiger partial charge in [0.25, 0.3) is 0 Å². The van der Waals surface area contributed by atoms with Gasteiger partial charge < -0.3 is 0 Å². The number of alkyl halides is 2. The summed E-state index contributed by atoms with van der Waals surface area (Å²) >= 11 is 19.4. The standard InChI is InChI=1S/C15H11Br2Cl2NO2/c16-12-8-4-9(13(12)17)11-10(8)14(21)20(15(11)22)7-2-5(18)1-6(19)3-7/h1-3,8-13H,4H2/t8-,9+,10-,11+,12-,13+. The van der Waals surface area contributed by atoms with Crippen LogP contribution in [0.2, 0.25) is 10.0 Å². The molecule has 4 rings (SSSR count). The summed E-state index contributed by atoms with van der Waals surface area (Å²) in [6.07, 6.45) is 0.919. The van der Waals surface area contributed by atoms with Crippen molar-refractivity contribution in [3.05, 3.63) is 28.2 Å². The number of anilines is 1. The first kappa shape index (κ1) is 15.4. The van der Waals surface area contributed by atoms with Crippen LogP contribution in [-0.2, 0) is 9.59 Å². The zero-order chi connectivity index (χ0) is 15.8. The van der Waals surface area contributed by atoms with Crippen LogP contribution in [0.5, 0.6) is 0 Å². The molecule has 22 heavy (non-hydrogen) atoms. The molecule has 1 heterocycles. The maximum atomic E-state index is 12.8. The Morgan fingerprint density at radius 1 is 0.909 bits per heavy atom. The van der Waals surface area contributed by atoms with Crippen molar-refractivity contribution < 1.29 is 9.59 Å². The van der Waals surface area contributed by atoms with Crippen LogP contribution in [0.3, 0.4) is 0 Å². The molecule has 2 aliphatic carbocycles. The molecule has 1 aliphatic heterocycles. The molecule has 2 bridgehead atoms. The molecular formula is C15H11Br2Cl2NO2. The normalized spacial score (nSPS) is 39.7. The van der Waals surface area contributed by atoms with E-state index in [2.05, 4.69) is 31.9 Å². The Labute approximate surface area is 154 Å². The summed E-state index contributed by atoms with van der Waals surface area (Å²) in [7, 11) is 0. The summed E-state index contributed by atoms with van der Waals surface area (Å²) in [4.78, 5) is 27.4. The number of halogens is 4. The Morgan fingerprint density at radius 2 is 1.36 bits per heavy atom. The van der Waals surface area contributed by atoms with Crippen LogP contribution < -0.4 is 4.90 Å². The van der Waals surface area contributed by atoms with E-state index in [0.717, 1.165) is 6.42 Å². The predicted molar refractivity (Wildman–Crippen MR) is 93.0 cm³/mol. The van der Waals surface area contributed by atoms with Gasteiger partial charge in [-0.2, -0.15) is 0 Å². The largest absolute Gasteiger partial charge is 0.274 e. The Kier molecular flexibility index (Phi) is 3.65. The fraction of sp³-hybridized carbons (Fsp3) is 0.467. The average Bonchev–Trinajstić information content (AvgIpc) is 3.03. The number of carbonyl (C=O) groups excluding carboxylic acids is 2. The quantitative estimate of drug-likeness (QED) is 0.457. The van der Waals surface area contributed by atoms with Crippen LogP contribution in [0.25, 0.3) is 0 Å². The number of hydrogen-bond donors (Lipinski definition) is 0. The van der Waals surface area contributed by atoms with Gasteiger partial charge in [0.2, 0.25) is 11.8 Å².